The standard InChI is InChI=1S/C18H30N4.HI/c1-5-19-18(21-14(2)3)20-12-15(4)22-11-10-16-8-6-7-9-17(16)13-22;/h6-9,14-15H,5,10-13H2,1-4H3,(H2,19,20,21);1H. The van der Waals surface area contributed by atoms with Crippen molar-refractivity contribution < 1.29 is 0 Å². The minimum absolute atomic E-state index is 0. The number of guanidine groups is 1. The molecule has 1 aromatic rings. The molecule has 1 aliphatic heterocycles. The molecule has 1 aliphatic rings. The van der Waals surface area contributed by atoms with Crippen LogP contribution in [-0.4, -0.2) is 42.6 Å². The first-order chi connectivity index (χ1) is 10.6. The lowest BCUT2D eigenvalue weighted by atomic mass is 9.99. The molecule has 2 N–H and O–H groups in total. The maximum Gasteiger partial charge on any atom is 0.191 e. The number of nitrogens with zero attached hydrogens (tertiary/aromatic N) is 2. The van der Waals surface area contributed by atoms with Crippen molar-refractivity contribution in [1.82, 2.24) is 15.5 Å². The summed E-state index contributed by atoms with van der Waals surface area (Å²) < 4.78 is 0. The zero-order chi connectivity index (χ0) is 15.9. The van der Waals surface area contributed by atoms with Crippen LogP contribution in [0.3, 0.4) is 0 Å². The van der Waals surface area contributed by atoms with Crippen LogP contribution >= 0.6 is 24.0 Å². The Balaban J connectivity index is 0.00000264. The number of fused-ring (bicyclic) bond motifs is 1. The van der Waals surface area contributed by atoms with Crippen molar-refractivity contribution in [1.29, 1.82) is 0 Å². The highest BCUT2D eigenvalue weighted by Crippen LogP contribution is 2.20. The van der Waals surface area contributed by atoms with Gasteiger partial charge in [-0.15, -0.1) is 24.0 Å². The number of hydrogen-bond donors (Lipinski definition) is 2. The molecule has 130 valence electrons. The predicted octanol–water partition coefficient (Wildman–Crippen LogP) is 3.01. The molecule has 0 amide bonds. The maximum atomic E-state index is 4.74. The van der Waals surface area contributed by atoms with E-state index in [2.05, 4.69) is 67.5 Å². The van der Waals surface area contributed by atoms with Crippen LogP contribution in [0.5, 0.6) is 0 Å². The van der Waals surface area contributed by atoms with E-state index in [9.17, 15) is 0 Å². The molecule has 0 spiro atoms. The minimum atomic E-state index is 0. The first kappa shape index (κ1) is 20.2. The van der Waals surface area contributed by atoms with E-state index >= 15 is 0 Å². The van der Waals surface area contributed by atoms with Gasteiger partial charge in [0.05, 0.1) is 6.54 Å². The summed E-state index contributed by atoms with van der Waals surface area (Å²) in [5.74, 6) is 0.918. The molecule has 1 heterocycles. The molecule has 0 fully saturated rings. The van der Waals surface area contributed by atoms with Crippen LogP contribution in [-0.2, 0) is 13.0 Å². The molecular weight excluding hydrogens is 399 g/mol. The third kappa shape index (κ3) is 6.30. The third-order valence-corrected chi connectivity index (χ3v) is 4.07. The van der Waals surface area contributed by atoms with Crippen molar-refractivity contribution in [3.63, 3.8) is 0 Å². The first-order valence-electron chi connectivity index (χ1n) is 8.45. The van der Waals surface area contributed by atoms with Crippen LogP contribution in [0, 0.1) is 0 Å². The van der Waals surface area contributed by atoms with Gasteiger partial charge >= 0.3 is 0 Å². The second-order valence-electron chi connectivity index (χ2n) is 6.36. The molecular formula is C18H31IN4. The Kier molecular flexibility index (Phi) is 8.91. The van der Waals surface area contributed by atoms with Crippen molar-refractivity contribution in [2.45, 2.75) is 52.7 Å². The number of aliphatic imine (C=N–C) groups is 1. The zero-order valence-electron chi connectivity index (χ0n) is 14.8. The summed E-state index contributed by atoms with van der Waals surface area (Å²) in [5, 5.41) is 6.68. The highest BCUT2D eigenvalue weighted by atomic mass is 127. The van der Waals surface area contributed by atoms with Crippen molar-refractivity contribution in [2.75, 3.05) is 19.6 Å². The fourth-order valence-corrected chi connectivity index (χ4v) is 2.83. The van der Waals surface area contributed by atoms with Gasteiger partial charge in [0.25, 0.3) is 0 Å². The Morgan fingerprint density at radius 2 is 1.91 bits per heavy atom. The molecule has 4 nitrogen and oxygen atoms in total. The summed E-state index contributed by atoms with van der Waals surface area (Å²) in [6.07, 6.45) is 1.15. The van der Waals surface area contributed by atoms with Crippen molar-refractivity contribution in [2.24, 2.45) is 4.99 Å². The van der Waals surface area contributed by atoms with Gasteiger partial charge in [-0.1, -0.05) is 24.3 Å². The fourth-order valence-electron chi connectivity index (χ4n) is 2.83. The molecule has 0 aliphatic carbocycles. The highest BCUT2D eigenvalue weighted by Gasteiger charge is 2.20. The molecule has 0 saturated carbocycles. The molecule has 0 bridgehead atoms. The summed E-state index contributed by atoms with van der Waals surface area (Å²) in [6.45, 7) is 12.5. The topological polar surface area (TPSA) is 39.7 Å². The fraction of sp³-hybridized carbons (Fsp3) is 0.611. The van der Waals surface area contributed by atoms with Gasteiger partial charge in [-0.2, -0.15) is 0 Å². The average molecular weight is 430 g/mol. The average Bonchev–Trinajstić information content (AvgIpc) is 2.51. The lowest BCUT2D eigenvalue weighted by molar-refractivity contribution is 0.195. The monoisotopic (exact) mass is 430 g/mol. The van der Waals surface area contributed by atoms with Crippen LogP contribution in [0.4, 0.5) is 0 Å². The van der Waals surface area contributed by atoms with Gasteiger partial charge in [0.1, 0.15) is 0 Å². The van der Waals surface area contributed by atoms with E-state index in [1.165, 1.54) is 11.1 Å². The molecule has 0 aromatic heterocycles. The van der Waals surface area contributed by atoms with E-state index in [0.29, 0.717) is 12.1 Å². The van der Waals surface area contributed by atoms with E-state index in [1.54, 1.807) is 0 Å². The van der Waals surface area contributed by atoms with Gasteiger partial charge in [0, 0.05) is 31.7 Å². The van der Waals surface area contributed by atoms with Crippen molar-refractivity contribution >= 4 is 29.9 Å². The van der Waals surface area contributed by atoms with E-state index in [4.69, 9.17) is 4.99 Å². The quantitative estimate of drug-likeness (QED) is 0.429. The summed E-state index contributed by atoms with van der Waals surface area (Å²) in [5.41, 5.74) is 2.97. The normalized spacial score (nSPS) is 16.5. The largest absolute Gasteiger partial charge is 0.357 e. The van der Waals surface area contributed by atoms with Gasteiger partial charge in [-0.3, -0.25) is 9.89 Å². The molecule has 5 heteroatoms. The highest BCUT2D eigenvalue weighted by molar-refractivity contribution is 14.0. The van der Waals surface area contributed by atoms with Crippen molar-refractivity contribution in [3.8, 4) is 0 Å². The number of hydrogen-bond acceptors (Lipinski definition) is 2. The second-order valence-corrected chi connectivity index (χ2v) is 6.36. The number of nitrogens with one attached hydrogen (secondary N) is 2. The maximum absolute atomic E-state index is 4.74. The van der Waals surface area contributed by atoms with Gasteiger partial charge in [0.2, 0.25) is 0 Å². The Hall–Kier alpha value is -0.820. The molecule has 0 saturated heterocycles. The Morgan fingerprint density at radius 1 is 1.22 bits per heavy atom. The predicted molar refractivity (Wildman–Crippen MR) is 110 cm³/mol. The Labute approximate surface area is 158 Å². The SMILES string of the molecule is CCNC(=NCC(C)N1CCc2ccccc2C1)NC(C)C.I. The molecule has 2 rings (SSSR count). The first-order valence-corrected chi connectivity index (χ1v) is 8.45. The van der Waals surface area contributed by atoms with E-state index in [0.717, 1.165) is 38.6 Å². The van der Waals surface area contributed by atoms with Crippen LogP contribution in [0.15, 0.2) is 29.3 Å². The van der Waals surface area contributed by atoms with E-state index in [1.807, 2.05) is 0 Å². The van der Waals surface area contributed by atoms with Gasteiger partial charge < -0.3 is 10.6 Å². The summed E-state index contributed by atoms with van der Waals surface area (Å²) in [4.78, 5) is 7.27. The minimum Gasteiger partial charge on any atom is -0.357 e. The van der Waals surface area contributed by atoms with Crippen LogP contribution in [0.25, 0.3) is 0 Å². The number of rotatable bonds is 5. The Morgan fingerprint density at radius 3 is 2.57 bits per heavy atom. The Bertz CT molecular complexity index is 502. The molecule has 1 unspecified atom stereocenters. The van der Waals surface area contributed by atoms with Crippen LogP contribution in [0.2, 0.25) is 0 Å². The molecule has 1 atom stereocenters. The van der Waals surface area contributed by atoms with Gasteiger partial charge in [-0.05, 0) is 45.2 Å². The molecule has 23 heavy (non-hydrogen) atoms. The molecule has 1 aromatic carbocycles. The van der Waals surface area contributed by atoms with Crippen LogP contribution < -0.4 is 10.6 Å². The number of benzene rings is 1. The lowest BCUT2D eigenvalue weighted by Crippen LogP contribution is -2.43. The van der Waals surface area contributed by atoms with Gasteiger partial charge in [-0.25, -0.2) is 0 Å². The van der Waals surface area contributed by atoms with Crippen LogP contribution in [0.1, 0.15) is 38.8 Å². The number of halogens is 1. The molecule has 0 radical (unpaired) electrons. The van der Waals surface area contributed by atoms with Crippen molar-refractivity contribution in [3.05, 3.63) is 35.4 Å². The smallest absolute Gasteiger partial charge is 0.191 e. The van der Waals surface area contributed by atoms with E-state index in [-0.39, 0.29) is 24.0 Å². The lowest BCUT2D eigenvalue weighted by Gasteiger charge is -2.33. The summed E-state index contributed by atoms with van der Waals surface area (Å²) in [7, 11) is 0. The second kappa shape index (κ2) is 10.1. The van der Waals surface area contributed by atoms with Gasteiger partial charge in [0.15, 0.2) is 5.96 Å². The summed E-state index contributed by atoms with van der Waals surface area (Å²) >= 11 is 0. The summed E-state index contributed by atoms with van der Waals surface area (Å²) in [6, 6.07) is 9.64. The zero-order valence-corrected chi connectivity index (χ0v) is 17.1. The third-order valence-electron chi connectivity index (χ3n) is 4.07. The van der Waals surface area contributed by atoms with E-state index < -0.39 is 0 Å².